The van der Waals surface area contributed by atoms with Gasteiger partial charge in [0.15, 0.2) is 0 Å². The van der Waals surface area contributed by atoms with Crippen LogP contribution < -0.4 is 5.32 Å². The summed E-state index contributed by atoms with van der Waals surface area (Å²) >= 11 is 1.60. The second kappa shape index (κ2) is 6.29. The van der Waals surface area contributed by atoms with Gasteiger partial charge in [0.2, 0.25) is 5.91 Å². The zero-order valence-electron chi connectivity index (χ0n) is 11.5. The molecule has 0 aliphatic rings. The zero-order valence-corrected chi connectivity index (χ0v) is 12.3. The third-order valence-corrected chi connectivity index (χ3v) is 3.74. The first kappa shape index (κ1) is 15.1. The van der Waals surface area contributed by atoms with E-state index in [9.17, 15) is 4.79 Å². The van der Waals surface area contributed by atoms with Gasteiger partial charge in [-0.05, 0) is 13.3 Å². The monoisotopic (exact) mass is 270 g/mol. The molecule has 4 nitrogen and oxygen atoms in total. The maximum atomic E-state index is 11.6. The molecule has 1 aromatic heterocycles. The molecule has 1 heterocycles. The minimum atomic E-state index is -0.378. The van der Waals surface area contributed by atoms with Gasteiger partial charge in [-0.1, -0.05) is 20.8 Å². The second-order valence-corrected chi connectivity index (χ2v) is 6.42. The third kappa shape index (κ3) is 5.14. The van der Waals surface area contributed by atoms with E-state index in [-0.39, 0.29) is 17.4 Å². The molecule has 18 heavy (non-hydrogen) atoms. The zero-order chi connectivity index (χ0) is 13.8. The molecule has 0 saturated heterocycles. The van der Waals surface area contributed by atoms with E-state index < -0.39 is 0 Å². The van der Waals surface area contributed by atoms with Crippen LogP contribution in [0, 0.1) is 0 Å². The van der Waals surface area contributed by atoms with Crippen LogP contribution in [-0.2, 0) is 16.6 Å². The molecular formula is C13H22N2O2S. The van der Waals surface area contributed by atoms with Gasteiger partial charge in [-0.2, -0.15) is 0 Å². The van der Waals surface area contributed by atoms with E-state index in [0.717, 1.165) is 10.7 Å². The van der Waals surface area contributed by atoms with Crippen molar-refractivity contribution in [2.24, 2.45) is 0 Å². The highest BCUT2D eigenvalue weighted by molar-refractivity contribution is 7.09. The third-order valence-electron chi connectivity index (χ3n) is 2.42. The summed E-state index contributed by atoms with van der Waals surface area (Å²) in [6, 6.07) is 0. The van der Waals surface area contributed by atoms with Gasteiger partial charge in [0.05, 0.1) is 23.2 Å². The van der Waals surface area contributed by atoms with Crippen molar-refractivity contribution in [3.63, 3.8) is 0 Å². The number of thiazole rings is 1. The fourth-order valence-corrected chi connectivity index (χ4v) is 2.29. The van der Waals surface area contributed by atoms with Crippen molar-refractivity contribution in [1.29, 1.82) is 0 Å². The Morgan fingerprint density at radius 1 is 1.56 bits per heavy atom. The first-order chi connectivity index (χ1) is 8.29. The van der Waals surface area contributed by atoms with Gasteiger partial charge in [0, 0.05) is 17.3 Å². The topological polar surface area (TPSA) is 62.2 Å². The molecule has 1 rings (SSSR count). The molecule has 0 spiro atoms. The first-order valence-corrected chi connectivity index (χ1v) is 7.06. The maximum absolute atomic E-state index is 11.6. The number of nitrogens with zero attached hydrogens (tertiary/aromatic N) is 1. The molecule has 0 bridgehead atoms. The van der Waals surface area contributed by atoms with E-state index in [2.05, 4.69) is 31.1 Å². The van der Waals surface area contributed by atoms with Crippen LogP contribution in [0.2, 0.25) is 0 Å². The number of hydrogen-bond donors (Lipinski definition) is 2. The first-order valence-electron chi connectivity index (χ1n) is 6.18. The van der Waals surface area contributed by atoms with Crippen molar-refractivity contribution in [1.82, 2.24) is 10.3 Å². The molecule has 1 unspecified atom stereocenters. The van der Waals surface area contributed by atoms with E-state index in [0.29, 0.717) is 19.4 Å². The van der Waals surface area contributed by atoms with Gasteiger partial charge in [0.1, 0.15) is 0 Å². The SMILES string of the molecule is CC(O)CCNC(=O)Cc1csc(C(C)(C)C)n1. The largest absolute Gasteiger partial charge is 0.393 e. The minimum absolute atomic E-state index is 0.0334. The lowest BCUT2D eigenvalue weighted by Crippen LogP contribution is -2.28. The normalized spacial score (nSPS) is 13.4. The number of aromatic nitrogens is 1. The van der Waals surface area contributed by atoms with E-state index >= 15 is 0 Å². The highest BCUT2D eigenvalue weighted by Crippen LogP contribution is 2.25. The summed E-state index contributed by atoms with van der Waals surface area (Å²) in [7, 11) is 0. The van der Waals surface area contributed by atoms with Gasteiger partial charge >= 0.3 is 0 Å². The Labute approximate surface area is 112 Å². The van der Waals surface area contributed by atoms with Crippen molar-refractivity contribution in [2.45, 2.75) is 52.1 Å². The molecule has 0 fully saturated rings. The Kier molecular flexibility index (Phi) is 5.28. The molecule has 1 aromatic rings. The van der Waals surface area contributed by atoms with Crippen molar-refractivity contribution in [3.05, 3.63) is 16.1 Å². The second-order valence-electron chi connectivity index (χ2n) is 5.56. The Morgan fingerprint density at radius 3 is 2.72 bits per heavy atom. The summed E-state index contributed by atoms with van der Waals surface area (Å²) in [5.74, 6) is -0.0404. The summed E-state index contributed by atoms with van der Waals surface area (Å²) in [6.07, 6.45) is 0.514. The fourth-order valence-electron chi connectivity index (χ4n) is 1.38. The predicted octanol–water partition coefficient (Wildman–Crippen LogP) is 1.87. The fraction of sp³-hybridized carbons (Fsp3) is 0.692. The molecule has 102 valence electrons. The Hall–Kier alpha value is -0.940. The Balaban J connectivity index is 2.43. The van der Waals surface area contributed by atoms with Crippen LogP contribution in [-0.4, -0.2) is 28.6 Å². The van der Waals surface area contributed by atoms with Crippen LogP contribution >= 0.6 is 11.3 Å². The molecule has 0 saturated carbocycles. The summed E-state index contributed by atoms with van der Waals surface area (Å²) in [4.78, 5) is 16.1. The average Bonchev–Trinajstić information content (AvgIpc) is 2.64. The van der Waals surface area contributed by atoms with Gasteiger partial charge < -0.3 is 10.4 Å². The quantitative estimate of drug-likeness (QED) is 0.858. The van der Waals surface area contributed by atoms with Crippen molar-refractivity contribution in [3.8, 4) is 0 Å². The smallest absolute Gasteiger partial charge is 0.226 e. The highest BCUT2D eigenvalue weighted by atomic mass is 32.1. The lowest BCUT2D eigenvalue weighted by molar-refractivity contribution is -0.120. The molecule has 0 aliphatic heterocycles. The summed E-state index contributed by atoms with van der Waals surface area (Å²) in [6.45, 7) is 8.55. The van der Waals surface area contributed by atoms with Crippen LogP contribution in [0.4, 0.5) is 0 Å². The van der Waals surface area contributed by atoms with E-state index in [1.807, 2.05) is 5.38 Å². The van der Waals surface area contributed by atoms with Crippen molar-refractivity contribution < 1.29 is 9.90 Å². The number of carbonyl (C=O) groups is 1. The number of aliphatic hydroxyl groups excluding tert-OH is 1. The van der Waals surface area contributed by atoms with Crippen LogP contribution in [0.1, 0.15) is 44.8 Å². The average molecular weight is 270 g/mol. The van der Waals surface area contributed by atoms with Crippen LogP contribution in [0.25, 0.3) is 0 Å². The Bertz CT molecular complexity index is 394. The summed E-state index contributed by atoms with van der Waals surface area (Å²) in [5.41, 5.74) is 0.852. The molecule has 1 atom stereocenters. The summed E-state index contributed by atoms with van der Waals surface area (Å²) < 4.78 is 0. The number of amides is 1. The number of rotatable bonds is 5. The van der Waals surface area contributed by atoms with E-state index in [1.54, 1.807) is 18.3 Å². The number of carbonyl (C=O) groups excluding carboxylic acids is 1. The van der Waals surface area contributed by atoms with Crippen LogP contribution in [0.3, 0.4) is 0 Å². The lowest BCUT2D eigenvalue weighted by atomic mass is 9.98. The van der Waals surface area contributed by atoms with Gasteiger partial charge in [-0.15, -0.1) is 11.3 Å². The number of aliphatic hydroxyl groups is 1. The number of nitrogens with one attached hydrogen (secondary N) is 1. The molecule has 0 radical (unpaired) electrons. The maximum Gasteiger partial charge on any atom is 0.226 e. The summed E-state index contributed by atoms with van der Waals surface area (Å²) in [5, 5.41) is 14.9. The lowest BCUT2D eigenvalue weighted by Gasteiger charge is -2.13. The standard InChI is InChI=1S/C13H22N2O2S/c1-9(16)5-6-14-11(17)7-10-8-18-12(15-10)13(2,3)4/h8-9,16H,5-7H2,1-4H3,(H,14,17). The molecule has 0 aromatic carbocycles. The number of hydrogen-bond acceptors (Lipinski definition) is 4. The molecule has 1 amide bonds. The molecule has 5 heteroatoms. The van der Waals surface area contributed by atoms with Crippen molar-refractivity contribution in [2.75, 3.05) is 6.54 Å². The Morgan fingerprint density at radius 2 is 2.22 bits per heavy atom. The van der Waals surface area contributed by atoms with Gasteiger partial charge in [0.25, 0.3) is 0 Å². The van der Waals surface area contributed by atoms with Gasteiger partial charge in [-0.3, -0.25) is 4.79 Å². The minimum Gasteiger partial charge on any atom is -0.393 e. The van der Waals surface area contributed by atoms with Crippen LogP contribution in [0.5, 0.6) is 0 Å². The highest BCUT2D eigenvalue weighted by Gasteiger charge is 2.18. The van der Waals surface area contributed by atoms with Gasteiger partial charge in [-0.25, -0.2) is 4.98 Å². The van der Waals surface area contributed by atoms with E-state index in [1.165, 1.54) is 0 Å². The molecule has 0 aliphatic carbocycles. The van der Waals surface area contributed by atoms with E-state index in [4.69, 9.17) is 5.11 Å². The molecule has 2 N–H and O–H groups in total. The van der Waals surface area contributed by atoms with Crippen LogP contribution in [0.15, 0.2) is 5.38 Å². The predicted molar refractivity (Wildman–Crippen MR) is 73.8 cm³/mol. The van der Waals surface area contributed by atoms with Crippen molar-refractivity contribution >= 4 is 17.2 Å². The molecular weight excluding hydrogens is 248 g/mol.